The predicted octanol–water partition coefficient (Wildman–Crippen LogP) is 1.87. The molecule has 1 aliphatic heterocycles. The van der Waals surface area contributed by atoms with Gasteiger partial charge in [-0.1, -0.05) is 25.7 Å². The van der Waals surface area contributed by atoms with Crippen molar-refractivity contribution < 1.29 is 9.90 Å². The minimum Gasteiger partial charge on any atom is -0.392 e. The minimum absolute atomic E-state index is 0.144. The zero-order valence-corrected chi connectivity index (χ0v) is 13.2. The molecular formula is C17H30N2O2. The molecule has 0 aromatic carbocycles. The Kier molecular flexibility index (Phi) is 5.17. The van der Waals surface area contributed by atoms with Gasteiger partial charge in [0.15, 0.2) is 0 Å². The Morgan fingerprint density at radius 3 is 2.33 bits per heavy atom. The Morgan fingerprint density at radius 1 is 1.05 bits per heavy atom. The SMILES string of the molecule is O=C(CCC1CCCC1)N1CCN(C[C@H](O)C2CC2)CC1. The molecule has 0 unspecified atom stereocenters. The highest BCUT2D eigenvalue weighted by atomic mass is 16.3. The molecule has 2 saturated carbocycles. The fourth-order valence-electron chi connectivity index (χ4n) is 3.86. The van der Waals surface area contributed by atoms with Crippen LogP contribution in [0, 0.1) is 11.8 Å². The maximum absolute atomic E-state index is 12.3. The highest BCUT2D eigenvalue weighted by molar-refractivity contribution is 5.76. The maximum Gasteiger partial charge on any atom is 0.222 e. The third kappa shape index (κ3) is 4.43. The first-order chi connectivity index (χ1) is 10.2. The molecule has 1 atom stereocenters. The van der Waals surface area contributed by atoms with Crippen LogP contribution in [-0.4, -0.2) is 59.6 Å². The first kappa shape index (κ1) is 15.3. The monoisotopic (exact) mass is 294 g/mol. The molecule has 0 radical (unpaired) electrons. The molecule has 0 bridgehead atoms. The fraction of sp³-hybridized carbons (Fsp3) is 0.941. The van der Waals surface area contributed by atoms with Gasteiger partial charge in [0.2, 0.25) is 5.91 Å². The quantitative estimate of drug-likeness (QED) is 0.813. The van der Waals surface area contributed by atoms with Crippen LogP contribution < -0.4 is 0 Å². The molecule has 3 fully saturated rings. The van der Waals surface area contributed by atoms with Crippen molar-refractivity contribution >= 4 is 5.91 Å². The van der Waals surface area contributed by atoms with E-state index < -0.39 is 0 Å². The molecule has 0 aromatic rings. The van der Waals surface area contributed by atoms with Gasteiger partial charge >= 0.3 is 0 Å². The van der Waals surface area contributed by atoms with Crippen molar-refractivity contribution in [3.8, 4) is 0 Å². The molecular weight excluding hydrogens is 264 g/mol. The van der Waals surface area contributed by atoms with Crippen LogP contribution in [-0.2, 0) is 4.79 Å². The molecule has 3 rings (SSSR count). The van der Waals surface area contributed by atoms with E-state index in [4.69, 9.17) is 0 Å². The first-order valence-electron chi connectivity index (χ1n) is 8.90. The van der Waals surface area contributed by atoms with E-state index >= 15 is 0 Å². The van der Waals surface area contributed by atoms with Crippen molar-refractivity contribution in [3.63, 3.8) is 0 Å². The number of amides is 1. The molecule has 4 nitrogen and oxygen atoms in total. The Bertz CT molecular complexity index is 343. The lowest BCUT2D eigenvalue weighted by molar-refractivity contribution is -0.133. The van der Waals surface area contributed by atoms with Gasteiger partial charge in [0.25, 0.3) is 0 Å². The van der Waals surface area contributed by atoms with Crippen LogP contribution >= 0.6 is 0 Å². The molecule has 2 aliphatic carbocycles. The normalized spacial score (nSPS) is 26.2. The van der Waals surface area contributed by atoms with E-state index in [1.807, 2.05) is 4.90 Å². The van der Waals surface area contributed by atoms with Crippen LogP contribution in [0.2, 0.25) is 0 Å². The Hall–Kier alpha value is -0.610. The third-order valence-electron chi connectivity index (χ3n) is 5.58. The number of nitrogens with zero attached hydrogens (tertiary/aromatic N) is 2. The number of carbonyl (C=O) groups excluding carboxylic acids is 1. The first-order valence-corrected chi connectivity index (χ1v) is 8.90. The molecule has 1 heterocycles. The van der Waals surface area contributed by atoms with E-state index in [1.165, 1.54) is 38.5 Å². The summed E-state index contributed by atoms with van der Waals surface area (Å²) < 4.78 is 0. The van der Waals surface area contributed by atoms with Crippen LogP contribution in [0.25, 0.3) is 0 Å². The van der Waals surface area contributed by atoms with Crippen LogP contribution in [0.3, 0.4) is 0 Å². The van der Waals surface area contributed by atoms with Crippen molar-refractivity contribution in [2.24, 2.45) is 11.8 Å². The number of β-amino-alcohol motifs (C(OH)–C–C–N with tert-alkyl or cyclic N) is 1. The highest BCUT2D eigenvalue weighted by Crippen LogP contribution is 2.33. The smallest absolute Gasteiger partial charge is 0.222 e. The van der Waals surface area contributed by atoms with E-state index in [1.54, 1.807) is 0 Å². The number of rotatable bonds is 6. The molecule has 0 aromatic heterocycles. The lowest BCUT2D eigenvalue weighted by Gasteiger charge is -2.35. The Balaban J connectivity index is 1.33. The lowest BCUT2D eigenvalue weighted by Crippen LogP contribution is -2.50. The van der Waals surface area contributed by atoms with Gasteiger partial charge in [-0.25, -0.2) is 0 Å². The van der Waals surface area contributed by atoms with Gasteiger partial charge in [-0.15, -0.1) is 0 Å². The predicted molar refractivity (Wildman–Crippen MR) is 82.9 cm³/mol. The summed E-state index contributed by atoms with van der Waals surface area (Å²) in [5.41, 5.74) is 0. The van der Waals surface area contributed by atoms with E-state index in [2.05, 4.69) is 4.90 Å². The zero-order valence-electron chi connectivity index (χ0n) is 13.2. The Morgan fingerprint density at radius 2 is 1.71 bits per heavy atom. The minimum atomic E-state index is -0.144. The van der Waals surface area contributed by atoms with Gasteiger partial charge in [-0.3, -0.25) is 9.69 Å². The molecule has 120 valence electrons. The largest absolute Gasteiger partial charge is 0.392 e. The van der Waals surface area contributed by atoms with Gasteiger partial charge in [-0.05, 0) is 31.1 Å². The summed E-state index contributed by atoms with van der Waals surface area (Å²) in [5, 5.41) is 10.00. The summed E-state index contributed by atoms with van der Waals surface area (Å²) in [6, 6.07) is 0. The standard InChI is InChI=1S/C17H30N2O2/c20-16(15-6-7-15)13-18-9-11-19(12-10-18)17(21)8-5-14-3-1-2-4-14/h14-16,20H,1-13H2/t16-/m0/s1. The summed E-state index contributed by atoms with van der Waals surface area (Å²) in [6.07, 6.45) is 9.48. The van der Waals surface area contributed by atoms with Crippen molar-refractivity contribution in [1.29, 1.82) is 0 Å². The summed E-state index contributed by atoms with van der Waals surface area (Å²) >= 11 is 0. The molecule has 4 heteroatoms. The van der Waals surface area contributed by atoms with Gasteiger partial charge in [0, 0.05) is 39.1 Å². The van der Waals surface area contributed by atoms with Crippen LogP contribution in [0.5, 0.6) is 0 Å². The number of piperazine rings is 1. The maximum atomic E-state index is 12.3. The fourth-order valence-corrected chi connectivity index (χ4v) is 3.86. The van der Waals surface area contributed by atoms with Crippen molar-refractivity contribution in [2.75, 3.05) is 32.7 Å². The lowest BCUT2D eigenvalue weighted by atomic mass is 10.0. The van der Waals surface area contributed by atoms with Crippen LogP contribution in [0.1, 0.15) is 51.4 Å². The van der Waals surface area contributed by atoms with Crippen molar-refractivity contribution in [1.82, 2.24) is 9.80 Å². The second-order valence-electron chi connectivity index (χ2n) is 7.28. The third-order valence-corrected chi connectivity index (χ3v) is 5.58. The van der Waals surface area contributed by atoms with Crippen molar-refractivity contribution in [2.45, 2.75) is 57.5 Å². The van der Waals surface area contributed by atoms with E-state index in [9.17, 15) is 9.90 Å². The number of hydrogen-bond acceptors (Lipinski definition) is 3. The summed E-state index contributed by atoms with van der Waals surface area (Å²) in [4.78, 5) is 16.6. The van der Waals surface area contributed by atoms with Crippen LogP contribution in [0.15, 0.2) is 0 Å². The van der Waals surface area contributed by atoms with Gasteiger partial charge in [-0.2, -0.15) is 0 Å². The second-order valence-corrected chi connectivity index (χ2v) is 7.28. The topological polar surface area (TPSA) is 43.8 Å². The number of aliphatic hydroxyl groups excluding tert-OH is 1. The number of carbonyl (C=O) groups is 1. The second kappa shape index (κ2) is 7.10. The molecule has 0 spiro atoms. The summed E-state index contributed by atoms with van der Waals surface area (Å²) in [5.74, 6) is 1.71. The average molecular weight is 294 g/mol. The van der Waals surface area contributed by atoms with E-state index in [-0.39, 0.29) is 6.10 Å². The van der Waals surface area contributed by atoms with E-state index in [0.29, 0.717) is 11.8 Å². The summed E-state index contributed by atoms with van der Waals surface area (Å²) in [6.45, 7) is 4.36. The van der Waals surface area contributed by atoms with Crippen molar-refractivity contribution in [3.05, 3.63) is 0 Å². The molecule has 3 aliphatic rings. The van der Waals surface area contributed by atoms with E-state index in [0.717, 1.165) is 51.5 Å². The molecule has 21 heavy (non-hydrogen) atoms. The Labute approximate surface area is 128 Å². The zero-order chi connectivity index (χ0) is 14.7. The average Bonchev–Trinajstić information content (AvgIpc) is 3.23. The van der Waals surface area contributed by atoms with Gasteiger partial charge in [0.1, 0.15) is 0 Å². The van der Waals surface area contributed by atoms with Gasteiger partial charge in [0.05, 0.1) is 6.10 Å². The molecule has 1 amide bonds. The summed E-state index contributed by atoms with van der Waals surface area (Å²) in [7, 11) is 0. The molecule has 1 saturated heterocycles. The number of hydrogen-bond donors (Lipinski definition) is 1. The van der Waals surface area contributed by atoms with Crippen LogP contribution in [0.4, 0.5) is 0 Å². The molecule has 1 N–H and O–H groups in total. The highest BCUT2D eigenvalue weighted by Gasteiger charge is 2.32. The number of aliphatic hydroxyl groups is 1. The van der Waals surface area contributed by atoms with Gasteiger partial charge < -0.3 is 10.0 Å².